The van der Waals surface area contributed by atoms with E-state index < -0.39 is 29.6 Å². The molecule has 0 aliphatic heterocycles. The van der Waals surface area contributed by atoms with Gasteiger partial charge in [0, 0.05) is 23.9 Å². The van der Waals surface area contributed by atoms with Crippen molar-refractivity contribution in [3.63, 3.8) is 0 Å². The highest BCUT2D eigenvalue weighted by Crippen LogP contribution is 2.24. The van der Waals surface area contributed by atoms with Gasteiger partial charge < -0.3 is 19.6 Å². The quantitative estimate of drug-likeness (QED) is 0.512. The molecule has 31 heavy (non-hydrogen) atoms. The minimum Gasteiger partial charge on any atom is -0.481 e. The molecule has 1 heterocycles. The monoisotopic (exact) mass is 423 g/mol. The Hall–Kier alpha value is -3.61. The van der Waals surface area contributed by atoms with Crippen molar-refractivity contribution in [2.45, 2.75) is 45.3 Å². The Bertz CT molecular complexity index is 1120. The first-order valence-corrected chi connectivity index (χ1v) is 10.2. The number of carbonyl (C=O) groups excluding carboxylic acids is 1. The average Bonchev–Trinajstić information content (AvgIpc) is 2.73. The number of nitrogens with one attached hydrogen (secondary N) is 1. The van der Waals surface area contributed by atoms with Gasteiger partial charge in [0.05, 0.1) is 0 Å². The SMILES string of the molecule is CCCc1cc(=O)oc2cc(OC(C)C(=O)NC(Cc3ccccc3)C(=O)O)ccc12. The molecule has 1 aromatic heterocycles. The molecule has 162 valence electrons. The first-order valence-electron chi connectivity index (χ1n) is 10.2. The molecular weight excluding hydrogens is 398 g/mol. The molecule has 0 spiro atoms. The fourth-order valence-corrected chi connectivity index (χ4v) is 3.36. The number of carboxylic acids is 1. The van der Waals surface area contributed by atoms with E-state index in [0.717, 1.165) is 29.4 Å². The van der Waals surface area contributed by atoms with Crippen molar-refractivity contribution in [3.8, 4) is 5.75 Å². The summed E-state index contributed by atoms with van der Waals surface area (Å²) in [6.07, 6.45) is 0.859. The van der Waals surface area contributed by atoms with Gasteiger partial charge in [-0.25, -0.2) is 9.59 Å². The van der Waals surface area contributed by atoms with Crippen LogP contribution in [0.5, 0.6) is 5.75 Å². The second-order valence-electron chi connectivity index (χ2n) is 7.35. The van der Waals surface area contributed by atoms with Crippen molar-refractivity contribution in [3.05, 3.63) is 76.1 Å². The summed E-state index contributed by atoms with van der Waals surface area (Å²) < 4.78 is 11.0. The van der Waals surface area contributed by atoms with E-state index >= 15 is 0 Å². The third-order valence-corrected chi connectivity index (χ3v) is 4.90. The van der Waals surface area contributed by atoms with E-state index in [1.165, 1.54) is 13.0 Å². The number of hydrogen-bond acceptors (Lipinski definition) is 5. The number of aryl methyl sites for hydroxylation is 1. The number of amides is 1. The van der Waals surface area contributed by atoms with E-state index in [-0.39, 0.29) is 6.42 Å². The van der Waals surface area contributed by atoms with Crippen LogP contribution in [-0.4, -0.2) is 29.1 Å². The van der Waals surface area contributed by atoms with Crippen LogP contribution in [0.25, 0.3) is 11.0 Å². The van der Waals surface area contributed by atoms with Crippen LogP contribution in [0, 0.1) is 0 Å². The first kappa shape index (κ1) is 22.1. The van der Waals surface area contributed by atoms with E-state index in [2.05, 4.69) is 5.32 Å². The van der Waals surface area contributed by atoms with Gasteiger partial charge in [-0.1, -0.05) is 43.7 Å². The lowest BCUT2D eigenvalue weighted by Gasteiger charge is -2.19. The van der Waals surface area contributed by atoms with E-state index in [9.17, 15) is 19.5 Å². The third kappa shape index (κ3) is 5.72. The zero-order valence-electron chi connectivity index (χ0n) is 17.5. The van der Waals surface area contributed by atoms with E-state index in [1.807, 2.05) is 25.1 Å². The summed E-state index contributed by atoms with van der Waals surface area (Å²) in [5.41, 5.74) is 1.64. The van der Waals surface area contributed by atoms with Crippen LogP contribution in [0.2, 0.25) is 0 Å². The van der Waals surface area contributed by atoms with E-state index in [0.29, 0.717) is 11.3 Å². The molecule has 2 atom stereocenters. The third-order valence-electron chi connectivity index (χ3n) is 4.90. The maximum atomic E-state index is 12.5. The zero-order chi connectivity index (χ0) is 22.4. The number of hydrogen-bond donors (Lipinski definition) is 2. The Morgan fingerprint density at radius 2 is 1.87 bits per heavy atom. The Kier molecular flexibility index (Phi) is 7.07. The van der Waals surface area contributed by atoms with Crippen molar-refractivity contribution in [1.82, 2.24) is 5.32 Å². The lowest BCUT2D eigenvalue weighted by atomic mass is 10.1. The second-order valence-corrected chi connectivity index (χ2v) is 7.35. The van der Waals surface area contributed by atoms with Gasteiger partial charge in [-0.05, 0) is 36.6 Å². The van der Waals surface area contributed by atoms with Gasteiger partial charge in [0.1, 0.15) is 17.4 Å². The maximum Gasteiger partial charge on any atom is 0.336 e. The molecule has 0 aliphatic rings. The highest BCUT2D eigenvalue weighted by molar-refractivity contribution is 5.87. The Morgan fingerprint density at radius 3 is 2.55 bits per heavy atom. The number of ether oxygens (including phenoxy) is 1. The Balaban J connectivity index is 1.71. The summed E-state index contributed by atoms with van der Waals surface area (Å²) >= 11 is 0. The maximum absolute atomic E-state index is 12.5. The molecule has 3 rings (SSSR count). The van der Waals surface area contributed by atoms with Crippen molar-refractivity contribution in [1.29, 1.82) is 0 Å². The van der Waals surface area contributed by atoms with Gasteiger partial charge >= 0.3 is 11.6 Å². The molecule has 0 saturated carbocycles. The molecule has 7 heteroatoms. The second kappa shape index (κ2) is 9.93. The Labute approximate surface area is 179 Å². The molecule has 0 bridgehead atoms. The lowest BCUT2D eigenvalue weighted by molar-refractivity contribution is -0.142. The van der Waals surface area contributed by atoms with E-state index in [4.69, 9.17) is 9.15 Å². The van der Waals surface area contributed by atoms with Crippen LogP contribution in [0.15, 0.2) is 63.8 Å². The standard InChI is InChI=1S/C24H25NO6/c1-3-7-17-13-22(26)31-21-14-18(10-11-19(17)21)30-15(2)23(27)25-20(24(28)29)12-16-8-5-4-6-9-16/h4-6,8-11,13-15,20H,3,7,12H2,1-2H3,(H,25,27)(H,28,29). The summed E-state index contributed by atoms with van der Waals surface area (Å²) in [5, 5.41) is 12.8. The molecular formula is C24H25NO6. The molecule has 0 fully saturated rings. The molecule has 2 N–H and O–H groups in total. The largest absolute Gasteiger partial charge is 0.481 e. The van der Waals surface area contributed by atoms with Gasteiger partial charge in [0.25, 0.3) is 5.91 Å². The van der Waals surface area contributed by atoms with Crippen molar-refractivity contribution >= 4 is 22.8 Å². The fourth-order valence-electron chi connectivity index (χ4n) is 3.36. The number of carboxylic acid groups (broad SMARTS) is 1. The van der Waals surface area contributed by atoms with Gasteiger partial charge in [-0.3, -0.25) is 4.79 Å². The fraction of sp³-hybridized carbons (Fsp3) is 0.292. The molecule has 2 unspecified atom stereocenters. The van der Waals surface area contributed by atoms with Crippen LogP contribution in [-0.2, 0) is 22.4 Å². The smallest absolute Gasteiger partial charge is 0.336 e. The zero-order valence-corrected chi connectivity index (χ0v) is 17.5. The predicted molar refractivity (Wildman–Crippen MR) is 116 cm³/mol. The highest BCUT2D eigenvalue weighted by Gasteiger charge is 2.24. The summed E-state index contributed by atoms with van der Waals surface area (Å²) in [7, 11) is 0. The number of aliphatic carboxylic acids is 1. The number of benzene rings is 2. The van der Waals surface area contributed by atoms with Gasteiger partial charge in [-0.2, -0.15) is 0 Å². The number of carbonyl (C=O) groups is 2. The first-order chi connectivity index (χ1) is 14.9. The van der Waals surface area contributed by atoms with Crippen LogP contribution in [0.4, 0.5) is 0 Å². The molecule has 3 aromatic rings. The van der Waals surface area contributed by atoms with Crippen molar-refractivity contribution in [2.75, 3.05) is 0 Å². The minimum atomic E-state index is -1.12. The summed E-state index contributed by atoms with van der Waals surface area (Å²) in [5.74, 6) is -1.33. The highest BCUT2D eigenvalue weighted by atomic mass is 16.5. The van der Waals surface area contributed by atoms with Crippen LogP contribution in [0.1, 0.15) is 31.4 Å². The van der Waals surface area contributed by atoms with Gasteiger partial charge in [-0.15, -0.1) is 0 Å². The number of fused-ring (bicyclic) bond motifs is 1. The van der Waals surface area contributed by atoms with Gasteiger partial charge in [0.15, 0.2) is 6.10 Å². The number of rotatable bonds is 9. The summed E-state index contributed by atoms with van der Waals surface area (Å²) in [6, 6.07) is 14.5. The molecule has 7 nitrogen and oxygen atoms in total. The molecule has 2 aromatic carbocycles. The van der Waals surface area contributed by atoms with Crippen LogP contribution < -0.4 is 15.7 Å². The van der Waals surface area contributed by atoms with E-state index in [1.54, 1.807) is 30.3 Å². The lowest BCUT2D eigenvalue weighted by Crippen LogP contribution is -2.47. The normalized spacial score (nSPS) is 12.8. The topological polar surface area (TPSA) is 106 Å². The van der Waals surface area contributed by atoms with Crippen molar-refractivity contribution in [2.24, 2.45) is 0 Å². The van der Waals surface area contributed by atoms with Crippen LogP contribution in [0.3, 0.4) is 0 Å². The minimum absolute atomic E-state index is 0.163. The van der Waals surface area contributed by atoms with Gasteiger partial charge in [0.2, 0.25) is 0 Å². The van der Waals surface area contributed by atoms with Crippen LogP contribution >= 0.6 is 0 Å². The molecule has 0 saturated heterocycles. The average molecular weight is 423 g/mol. The summed E-state index contributed by atoms with van der Waals surface area (Å²) in [6.45, 7) is 3.56. The van der Waals surface area contributed by atoms with Crippen molar-refractivity contribution < 1.29 is 23.8 Å². The summed E-state index contributed by atoms with van der Waals surface area (Å²) in [4.78, 5) is 36.0. The predicted octanol–water partition coefficient (Wildman–Crippen LogP) is 3.32. The Morgan fingerprint density at radius 1 is 1.13 bits per heavy atom. The molecule has 0 aliphatic carbocycles. The molecule has 0 radical (unpaired) electrons. The molecule has 1 amide bonds.